The number of carbonyl (C=O) groups excluding carboxylic acids is 1. The Morgan fingerprint density at radius 2 is 2.04 bits per heavy atom. The Morgan fingerprint density at radius 3 is 2.68 bits per heavy atom. The van der Waals surface area contributed by atoms with Crippen molar-refractivity contribution < 1.29 is 9.18 Å². The van der Waals surface area contributed by atoms with E-state index in [4.69, 9.17) is 5.26 Å². The summed E-state index contributed by atoms with van der Waals surface area (Å²) < 4.78 is 14.4. The molecule has 0 aliphatic rings. The first-order valence-electron chi connectivity index (χ1n) is 7.91. The number of nitriles is 1. The minimum Gasteiger partial charge on any atom is -0.334 e. The van der Waals surface area contributed by atoms with E-state index in [0.717, 1.165) is 5.56 Å². The van der Waals surface area contributed by atoms with Crippen LogP contribution in [0.3, 0.4) is 0 Å². The zero-order valence-corrected chi connectivity index (χ0v) is 13.8. The number of carbonyl (C=O) groups is 1. The molecule has 2 amide bonds. The molecule has 1 heterocycles. The fraction of sp³-hybridized carbons (Fsp3) is 0.278. The van der Waals surface area contributed by atoms with Crippen LogP contribution in [0.1, 0.15) is 25.3 Å². The molecule has 0 bridgehead atoms. The van der Waals surface area contributed by atoms with Gasteiger partial charge in [0.15, 0.2) is 0 Å². The van der Waals surface area contributed by atoms with E-state index in [-0.39, 0.29) is 36.1 Å². The number of nitrogens with zero attached hydrogens (tertiary/aromatic N) is 2. The van der Waals surface area contributed by atoms with Crippen molar-refractivity contribution in [2.75, 3.05) is 5.32 Å². The van der Waals surface area contributed by atoms with Crippen LogP contribution in [0, 0.1) is 17.1 Å². The molecule has 2 aromatic rings. The summed E-state index contributed by atoms with van der Waals surface area (Å²) in [4.78, 5) is 24.4. The summed E-state index contributed by atoms with van der Waals surface area (Å²) in [5.74, 6) is -0.342. The van der Waals surface area contributed by atoms with Crippen LogP contribution in [0.15, 0.2) is 47.4 Å². The van der Waals surface area contributed by atoms with Crippen LogP contribution in [0.25, 0.3) is 0 Å². The Bertz CT molecular complexity index is 824. The van der Waals surface area contributed by atoms with Crippen LogP contribution >= 0.6 is 0 Å². The Hall–Kier alpha value is -3.14. The lowest BCUT2D eigenvalue weighted by Gasteiger charge is -2.15. The zero-order valence-electron chi connectivity index (χ0n) is 13.8. The van der Waals surface area contributed by atoms with Gasteiger partial charge in [0.25, 0.3) is 5.56 Å². The summed E-state index contributed by atoms with van der Waals surface area (Å²) >= 11 is 0. The van der Waals surface area contributed by atoms with Crippen molar-refractivity contribution >= 4 is 11.7 Å². The van der Waals surface area contributed by atoms with Gasteiger partial charge in [-0.2, -0.15) is 5.26 Å². The molecule has 2 N–H and O–H groups in total. The van der Waals surface area contributed by atoms with E-state index in [1.165, 1.54) is 22.8 Å². The van der Waals surface area contributed by atoms with Crippen molar-refractivity contribution in [3.63, 3.8) is 0 Å². The van der Waals surface area contributed by atoms with E-state index in [2.05, 4.69) is 10.6 Å². The molecule has 2 rings (SSSR count). The van der Waals surface area contributed by atoms with Crippen LogP contribution in [-0.2, 0) is 6.54 Å². The molecule has 0 fully saturated rings. The third-order valence-electron chi connectivity index (χ3n) is 3.70. The summed E-state index contributed by atoms with van der Waals surface area (Å²) in [7, 11) is 0. The summed E-state index contributed by atoms with van der Waals surface area (Å²) in [5.41, 5.74) is 0.536. The first kappa shape index (κ1) is 18.2. The molecular weight excluding hydrogens is 323 g/mol. The number of urea groups is 1. The predicted octanol–water partition coefficient (Wildman–Crippen LogP) is 2.85. The van der Waals surface area contributed by atoms with E-state index in [0.29, 0.717) is 6.42 Å². The first-order valence-corrected chi connectivity index (χ1v) is 7.91. The quantitative estimate of drug-likeness (QED) is 0.846. The number of aromatic nitrogens is 1. The van der Waals surface area contributed by atoms with Crippen LogP contribution < -0.4 is 16.2 Å². The molecule has 0 saturated heterocycles. The standard InChI is InChI=1S/C18H19FN4O2/c1-2-15(9-10-20)21-18(25)22-16-4-3-11-23(17(16)24)12-13-5-7-14(19)8-6-13/h3-8,11,15H,2,9,12H2,1H3,(H2,21,22,25)/t15-/m1/s1. The highest BCUT2D eigenvalue weighted by Crippen LogP contribution is 2.06. The number of nitrogens with one attached hydrogen (secondary N) is 2. The lowest BCUT2D eigenvalue weighted by molar-refractivity contribution is 0.248. The minimum atomic E-state index is -0.529. The third kappa shape index (κ3) is 5.18. The number of hydrogen-bond acceptors (Lipinski definition) is 3. The van der Waals surface area contributed by atoms with Gasteiger partial charge in [0, 0.05) is 12.2 Å². The van der Waals surface area contributed by atoms with Crippen LogP contribution in [0.5, 0.6) is 0 Å². The third-order valence-corrected chi connectivity index (χ3v) is 3.70. The topological polar surface area (TPSA) is 86.9 Å². The largest absolute Gasteiger partial charge is 0.334 e. The van der Waals surface area contributed by atoms with Crippen molar-refractivity contribution in [3.8, 4) is 6.07 Å². The van der Waals surface area contributed by atoms with Gasteiger partial charge in [0.05, 0.1) is 19.0 Å². The fourth-order valence-electron chi connectivity index (χ4n) is 2.29. The van der Waals surface area contributed by atoms with Crippen molar-refractivity contribution in [3.05, 3.63) is 64.3 Å². The number of amides is 2. The Kier molecular flexibility index (Phi) is 6.29. The molecule has 1 atom stereocenters. The van der Waals surface area contributed by atoms with Gasteiger partial charge in [-0.15, -0.1) is 0 Å². The molecule has 0 aliphatic carbocycles. The highest BCUT2D eigenvalue weighted by atomic mass is 19.1. The van der Waals surface area contributed by atoms with E-state index in [1.54, 1.807) is 24.4 Å². The predicted molar refractivity (Wildman–Crippen MR) is 92.7 cm³/mol. The molecule has 0 aliphatic heterocycles. The summed E-state index contributed by atoms with van der Waals surface area (Å²) in [6.45, 7) is 2.13. The molecule has 0 radical (unpaired) electrons. The van der Waals surface area contributed by atoms with Gasteiger partial charge >= 0.3 is 6.03 Å². The highest BCUT2D eigenvalue weighted by molar-refractivity contribution is 5.89. The van der Waals surface area contributed by atoms with Gasteiger partial charge in [0.1, 0.15) is 11.5 Å². The van der Waals surface area contributed by atoms with Gasteiger partial charge < -0.3 is 15.2 Å². The molecule has 7 heteroatoms. The van der Waals surface area contributed by atoms with Gasteiger partial charge in [-0.3, -0.25) is 4.79 Å². The Balaban J connectivity index is 2.10. The van der Waals surface area contributed by atoms with Gasteiger partial charge in [-0.1, -0.05) is 19.1 Å². The Morgan fingerprint density at radius 1 is 1.32 bits per heavy atom. The molecule has 6 nitrogen and oxygen atoms in total. The maximum atomic E-state index is 13.0. The molecule has 1 aromatic heterocycles. The number of benzene rings is 1. The van der Waals surface area contributed by atoms with E-state index >= 15 is 0 Å². The van der Waals surface area contributed by atoms with Gasteiger partial charge in [0.2, 0.25) is 0 Å². The molecule has 0 unspecified atom stereocenters. The van der Waals surface area contributed by atoms with Crippen molar-refractivity contribution in [1.82, 2.24) is 9.88 Å². The Labute approximate surface area is 144 Å². The normalized spacial score (nSPS) is 11.4. The lowest BCUT2D eigenvalue weighted by atomic mass is 10.2. The smallest absolute Gasteiger partial charge is 0.319 e. The molecule has 0 spiro atoms. The molecule has 25 heavy (non-hydrogen) atoms. The van der Waals surface area contributed by atoms with Crippen molar-refractivity contribution in [2.24, 2.45) is 0 Å². The van der Waals surface area contributed by atoms with E-state index < -0.39 is 6.03 Å². The molecule has 1 aromatic carbocycles. The number of rotatable bonds is 6. The van der Waals surface area contributed by atoms with E-state index in [9.17, 15) is 14.0 Å². The number of anilines is 1. The maximum Gasteiger partial charge on any atom is 0.319 e. The summed E-state index contributed by atoms with van der Waals surface area (Å²) in [5, 5.41) is 13.9. The van der Waals surface area contributed by atoms with Crippen molar-refractivity contribution in [2.45, 2.75) is 32.4 Å². The monoisotopic (exact) mass is 342 g/mol. The second kappa shape index (κ2) is 8.64. The highest BCUT2D eigenvalue weighted by Gasteiger charge is 2.12. The van der Waals surface area contributed by atoms with Crippen molar-refractivity contribution in [1.29, 1.82) is 5.26 Å². The maximum absolute atomic E-state index is 13.0. The van der Waals surface area contributed by atoms with Crippen LogP contribution in [-0.4, -0.2) is 16.6 Å². The van der Waals surface area contributed by atoms with Crippen LogP contribution in [0.2, 0.25) is 0 Å². The minimum absolute atomic E-state index is 0.133. The van der Waals surface area contributed by atoms with Crippen LogP contribution in [0.4, 0.5) is 14.9 Å². The molecule has 130 valence electrons. The number of hydrogen-bond donors (Lipinski definition) is 2. The second-order valence-corrected chi connectivity index (χ2v) is 5.55. The average Bonchev–Trinajstić information content (AvgIpc) is 2.60. The van der Waals surface area contributed by atoms with E-state index in [1.807, 2.05) is 13.0 Å². The second-order valence-electron chi connectivity index (χ2n) is 5.55. The fourth-order valence-corrected chi connectivity index (χ4v) is 2.29. The zero-order chi connectivity index (χ0) is 18.2. The average molecular weight is 342 g/mol. The van der Waals surface area contributed by atoms with Gasteiger partial charge in [-0.05, 0) is 36.2 Å². The van der Waals surface area contributed by atoms with Gasteiger partial charge in [-0.25, -0.2) is 9.18 Å². The number of pyridine rings is 1. The first-order chi connectivity index (χ1) is 12.0. The number of halogens is 1. The molecule has 0 saturated carbocycles. The summed E-state index contributed by atoms with van der Waals surface area (Å²) in [6.07, 6.45) is 2.41. The SMILES string of the molecule is CC[C@H](CC#N)NC(=O)Nc1cccn(Cc2ccc(F)cc2)c1=O. The molecular formula is C18H19FN4O2. The summed E-state index contributed by atoms with van der Waals surface area (Å²) in [6, 6.07) is 10.2. The lowest BCUT2D eigenvalue weighted by Crippen LogP contribution is -2.39.